The predicted octanol–water partition coefficient (Wildman–Crippen LogP) is 7.42. The topological polar surface area (TPSA) is 93.4 Å². The van der Waals surface area contributed by atoms with Crippen LogP contribution in [0, 0.1) is 12.7 Å². The average molecular weight is 625 g/mol. The summed E-state index contributed by atoms with van der Waals surface area (Å²) in [4.78, 5) is 22.0. The lowest BCUT2D eigenvalue weighted by atomic mass is 10.0. The van der Waals surface area contributed by atoms with Crippen LogP contribution >= 0.6 is 11.6 Å². The molecule has 13 heteroatoms. The van der Waals surface area contributed by atoms with E-state index in [1.165, 1.54) is 18.3 Å². The lowest BCUT2D eigenvalue weighted by Crippen LogP contribution is -2.19. The van der Waals surface area contributed by atoms with Gasteiger partial charge in [0, 0.05) is 42.1 Å². The average Bonchev–Trinajstić information content (AvgIpc) is 3.65. The van der Waals surface area contributed by atoms with Gasteiger partial charge in [-0.15, -0.1) is 0 Å². The number of aryl methyl sites for hydroxylation is 1. The largest absolute Gasteiger partial charge is 0.416 e. The van der Waals surface area contributed by atoms with Crippen molar-refractivity contribution in [2.24, 2.45) is 0 Å². The van der Waals surface area contributed by atoms with Gasteiger partial charge in [-0.2, -0.15) is 18.3 Å². The minimum atomic E-state index is -4.60. The third-order valence-electron chi connectivity index (χ3n) is 7.26. The van der Waals surface area contributed by atoms with Gasteiger partial charge in [0.2, 0.25) is 0 Å². The molecule has 44 heavy (non-hydrogen) atoms. The molecule has 0 aliphatic carbocycles. The van der Waals surface area contributed by atoms with E-state index in [1.807, 2.05) is 0 Å². The van der Waals surface area contributed by atoms with E-state index < -0.39 is 17.6 Å². The summed E-state index contributed by atoms with van der Waals surface area (Å²) in [6, 6.07) is 13.6. The highest BCUT2D eigenvalue weighted by Crippen LogP contribution is 2.36. The van der Waals surface area contributed by atoms with Gasteiger partial charge in [-0.05, 0) is 73.9 Å². The van der Waals surface area contributed by atoms with Crippen LogP contribution < -0.4 is 10.6 Å². The molecule has 1 unspecified atom stereocenters. The molecule has 6 rings (SSSR count). The summed E-state index contributed by atoms with van der Waals surface area (Å²) in [7, 11) is 0. The highest BCUT2D eigenvalue weighted by molar-refractivity contribution is 6.29. The number of pyridine rings is 1. The molecule has 0 spiro atoms. The second kappa shape index (κ2) is 11.9. The van der Waals surface area contributed by atoms with E-state index in [9.17, 15) is 22.4 Å². The van der Waals surface area contributed by atoms with Crippen LogP contribution in [0.4, 0.5) is 29.1 Å². The molecule has 1 fully saturated rings. The van der Waals surface area contributed by atoms with E-state index in [-0.39, 0.29) is 28.5 Å². The minimum absolute atomic E-state index is 0.0406. The number of ether oxygens (including phenoxy) is 1. The van der Waals surface area contributed by atoms with Gasteiger partial charge in [0.25, 0.3) is 5.91 Å². The summed E-state index contributed by atoms with van der Waals surface area (Å²) < 4.78 is 61.1. The fourth-order valence-corrected chi connectivity index (χ4v) is 5.26. The van der Waals surface area contributed by atoms with Crippen molar-refractivity contribution in [1.29, 1.82) is 0 Å². The number of nitrogens with zero attached hydrogens (tertiary/aromatic N) is 4. The van der Waals surface area contributed by atoms with Crippen molar-refractivity contribution in [1.82, 2.24) is 19.6 Å². The molecule has 226 valence electrons. The maximum absolute atomic E-state index is 14.2. The number of carbonyl (C=O) groups is 1. The number of halogens is 5. The number of imidazole rings is 1. The van der Waals surface area contributed by atoms with E-state index in [0.29, 0.717) is 52.6 Å². The van der Waals surface area contributed by atoms with E-state index >= 15 is 0 Å². The van der Waals surface area contributed by atoms with Gasteiger partial charge in [0.1, 0.15) is 17.3 Å². The van der Waals surface area contributed by atoms with Crippen molar-refractivity contribution < 1.29 is 27.1 Å². The number of nitrogens with one attached hydrogen (secondary N) is 2. The number of rotatable bonds is 7. The molecule has 4 heterocycles. The first-order chi connectivity index (χ1) is 21.1. The molecular formula is C31H25ClF4N6O2. The van der Waals surface area contributed by atoms with Crippen molar-refractivity contribution in [3.8, 4) is 22.5 Å². The molecule has 1 aliphatic rings. The third-order valence-corrected chi connectivity index (χ3v) is 7.44. The number of carbonyl (C=O) groups excluding carboxylic acids is 1. The smallest absolute Gasteiger partial charge is 0.379 e. The maximum Gasteiger partial charge on any atom is 0.416 e. The molecule has 1 atom stereocenters. The molecule has 8 nitrogen and oxygen atoms in total. The summed E-state index contributed by atoms with van der Waals surface area (Å²) in [5.74, 6) is -1.06. The number of hydrogen-bond donors (Lipinski definition) is 2. The van der Waals surface area contributed by atoms with Crippen molar-refractivity contribution in [3.63, 3.8) is 0 Å². The van der Waals surface area contributed by atoms with Crippen LogP contribution in [0.25, 0.3) is 28.2 Å². The van der Waals surface area contributed by atoms with Crippen molar-refractivity contribution in [3.05, 3.63) is 94.5 Å². The summed E-state index contributed by atoms with van der Waals surface area (Å²) in [5, 5.41) is 10.6. The zero-order valence-corrected chi connectivity index (χ0v) is 24.0. The predicted molar refractivity (Wildman–Crippen MR) is 158 cm³/mol. The molecule has 2 aromatic carbocycles. The molecule has 1 amide bonds. The molecule has 2 N–H and O–H groups in total. The Morgan fingerprint density at radius 1 is 1.11 bits per heavy atom. The minimum Gasteiger partial charge on any atom is -0.379 e. The quantitative estimate of drug-likeness (QED) is 0.183. The molecule has 0 bridgehead atoms. The third kappa shape index (κ3) is 6.08. The van der Waals surface area contributed by atoms with E-state index in [4.69, 9.17) is 21.3 Å². The number of anilines is 2. The molecule has 0 radical (unpaired) electrons. The number of hydrogen-bond acceptors (Lipinski definition) is 6. The summed E-state index contributed by atoms with van der Waals surface area (Å²) in [6.45, 7) is 2.88. The van der Waals surface area contributed by atoms with Gasteiger partial charge < -0.3 is 15.4 Å². The monoisotopic (exact) mass is 624 g/mol. The molecular weight excluding hydrogens is 600 g/mol. The van der Waals surface area contributed by atoms with Gasteiger partial charge in [-0.1, -0.05) is 17.7 Å². The summed E-state index contributed by atoms with van der Waals surface area (Å²) in [6.07, 6.45) is -1.21. The molecule has 1 aliphatic heterocycles. The first-order valence-corrected chi connectivity index (χ1v) is 14.1. The van der Waals surface area contributed by atoms with Crippen LogP contribution in [0.15, 0.2) is 66.9 Å². The number of benzene rings is 2. The second-order valence-corrected chi connectivity index (χ2v) is 10.8. The number of alkyl halides is 3. The van der Waals surface area contributed by atoms with Gasteiger partial charge >= 0.3 is 6.18 Å². The zero-order chi connectivity index (χ0) is 31.0. The highest BCUT2D eigenvalue weighted by atomic mass is 35.5. The number of amides is 1. The van der Waals surface area contributed by atoms with Crippen molar-refractivity contribution in [2.75, 3.05) is 23.8 Å². The van der Waals surface area contributed by atoms with E-state index in [0.717, 1.165) is 31.0 Å². The van der Waals surface area contributed by atoms with Crippen LogP contribution in [0.1, 0.15) is 34.3 Å². The van der Waals surface area contributed by atoms with Crippen LogP contribution in [0.3, 0.4) is 0 Å². The maximum atomic E-state index is 14.2. The Kier molecular flexibility index (Phi) is 7.95. The Bertz CT molecular complexity index is 1870. The molecule has 3 aromatic heterocycles. The fourth-order valence-electron chi connectivity index (χ4n) is 5.08. The SMILES string of the molecule is Cc1cc(-c2nc3c(NCC4CCCO4)cc(Cl)nn3c2-c2ccnc(NC(=O)c3cccc(C(F)(F)F)c3)c2)ccc1F. The first kappa shape index (κ1) is 29.5. The van der Waals surface area contributed by atoms with Crippen LogP contribution in [-0.2, 0) is 10.9 Å². The first-order valence-electron chi connectivity index (χ1n) is 13.7. The Morgan fingerprint density at radius 3 is 2.70 bits per heavy atom. The van der Waals surface area contributed by atoms with Gasteiger partial charge in [0.15, 0.2) is 10.8 Å². The lowest BCUT2D eigenvalue weighted by molar-refractivity contribution is -0.137. The summed E-state index contributed by atoms with van der Waals surface area (Å²) in [5.41, 5.74) is 2.42. The standard InChI is InChI=1S/C31H25ClF4N6O2/c1-17-12-18(7-8-23(17)33)27-28(42-29(40-27)24(15-25(32)41-42)38-16-22-6-3-11-44-22)19-9-10-37-26(14-19)39-30(43)20-4-2-5-21(13-20)31(34,35)36/h2,4-5,7-10,12-15,22,38H,3,6,11,16H2,1H3,(H,37,39,43). The summed E-state index contributed by atoms with van der Waals surface area (Å²) >= 11 is 6.46. The molecule has 1 saturated heterocycles. The van der Waals surface area contributed by atoms with Gasteiger partial charge in [0.05, 0.1) is 23.0 Å². The Balaban J connectivity index is 1.42. The zero-order valence-electron chi connectivity index (χ0n) is 23.3. The van der Waals surface area contributed by atoms with Crippen molar-refractivity contribution >= 4 is 34.7 Å². The Labute approximate surface area is 254 Å². The van der Waals surface area contributed by atoms with E-state index in [1.54, 1.807) is 41.8 Å². The van der Waals surface area contributed by atoms with E-state index in [2.05, 4.69) is 20.7 Å². The Morgan fingerprint density at radius 2 is 1.95 bits per heavy atom. The molecule has 5 aromatic rings. The van der Waals surface area contributed by atoms with Crippen molar-refractivity contribution in [2.45, 2.75) is 32.0 Å². The van der Waals surface area contributed by atoms with Gasteiger partial charge in [-0.3, -0.25) is 4.79 Å². The number of aromatic nitrogens is 4. The Hall–Kier alpha value is -4.55. The second-order valence-electron chi connectivity index (χ2n) is 10.4. The van der Waals surface area contributed by atoms with Crippen LogP contribution in [-0.4, -0.2) is 44.7 Å². The van der Waals surface area contributed by atoms with Crippen LogP contribution in [0.5, 0.6) is 0 Å². The normalized spacial score (nSPS) is 15.1. The lowest BCUT2D eigenvalue weighted by Gasteiger charge is -2.13. The van der Waals surface area contributed by atoms with Crippen LogP contribution in [0.2, 0.25) is 5.15 Å². The highest BCUT2D eigenvalue weighted by Gasteiger charge is 2.31. The van der Waals surface area contributed by atoms with Gasteiger partial charge in [-0.25, -0.2) is 18.9 Å². The molecule has 0 saturated carbocycles. The number of fused-ring (bicyclic) bond motifs is 1. The fraction of sp³-hybridized carbons (Fsp3) is 0.226.